The van der Waals surface area contributed by atoms with Crippen molar-refractivity contribution in [1.29, 1.82) is 0 Å². The van der Waals surface area contributed by atoms with E-state index in [1.54, 1.807) is 0 Å². The molecule has 1 saturated carbocycles. The Kier molecular flexibility index (Phi) is 2.62. The van der Waals surface area contributed by atoms with Crippen LogP contribution in [0.5, 0.6) is 0 Å². The van der Waals surface area contributed by atoms with Gasteiger partial charge in [0.15, 0.2) is 0 Å². The molecule has 1 heteroatoms. The van der Waals surface area contributed by atoms with Crippen molar-refractivity contribution in [1.82, 2.24) is 0 Å². The average molecular weight is 215 g/mol. The summed E-state index contributed by atoms with van der Waals surface area (Å²) in [6, 6.07) is 9.50. The van der Waals surface area contributed by atoms with Gasteiger partial charge in [0.1, 0.15) is 0 Å². The fraction of sp³-hybridized carbons (Fsp3) is 0.600. The molecule has 0 bridgehead atoms. The van der Waals surface area contributed by atoms with Crippen LogP contribution in [0, 0.1) is 11.8 Å². The number of nitrogens with one attached hydrogen (secondary N) is 1. The van der Waals surface area contributed by atoms with Gasteiger partial charge in [-0.15, -0.1) is 0 Å². The van der Waals surface area contributed by atoms with E-state index in [4.69, 9.17) is 0 Å². The van der Waals surface area contributed by atoms with Crippen LogP contribution in [0.15, 0.2) is 24.3 Å². The normalized spacial score (nSPS) is 29.1. The van der Waals surface area contributed by atoms with Crippen molar-refractivity contribution in [2.45, 2.75) is 45.1 Å². The van der Waals surface area contributed by atoms with Crippen molar-refractivity contribution in [2.75, 3.05) is 5.32 Å². The van der Waals surface area contributed by atoms with Gasteiger partial charge in [0, 0.05) is 11.7 Å². The second-order valence-corrected chi connectivity index (χ2v) is 5.62. The van der Waals surface area contributed by atoms with Gasteiger partial charge in [-0.3, -0.25) is 0 Å². The van der Waals surface area contributed by atoms with Gasteiger partial charge < -0.3 is 5.32 Å². The summed E-state index contributed by atoms with van der Waals surface area (Å²) in [6.07, 6.45) is 7.03. The summed E-state index contributed by atoms with van der Waals surface area (Å²) < 4.78 is 0. The summed E-state index contributed by atoms with van der Waals surface area (Å²) in [5.74, 6) is 1.79. The van der Waals surface area contributed by atoms with E-state index in [-0.39, 0.29) is 0 Å². The predicted octanol–water partition coefficient (Wildman–Crippen LogP) is 3.85. The fourth-order valence-electron chi connectivity index (χ4n) is 3.05. The maximum atomic E-state index is 3.75. The minimum absolute atomic E-state index is 0.709. The molecule has 1 aromatic rings. The van der Waals surface area contributed by atoms with Gasteiger partial charge in [0.05, 0.1) is 0 Å². The summed E-state index contributed by atoms with van der Waals surface area (Å²) in [5.41, 5.74) is 2.88. The van der Waals surface area contributed by atoms with Gasteiger partial charge in [0.2, 0.25) is 0 Å². The molecule has 2 atom stereocenters. The number of rotatable bonds is 2. The summed E-state index contributed by atoms with van der Waals surface area (Å²) in [6.45, 7) is 2.40. The van der Waals surface area contributed by atoms with E-state index < -0.39 is 0 Å². The average Bonchev–Trinajstić information content (AvgIpc) is 2.23. The Labute approximate surface area is 98.3 Å². The third-order valence-electron chi connectivity index (χ3n) is 4.40. The molecule has 1 aliphatic heterocycles. The highest BCUT2D eigenvalue weighted by Crippen LogP contribution is 2.36. The van der Waals surface area contributed by atoms with Gasteiger partial charge in [-0.05, 0) is 36.3 Å². The molecule has 86 valence electrons. The first-order valence-corrected chi connectivity index (χ1v) is 6.67. The molecule has 1 heterocycles. The number of hydrogen-bond acceptors (Lipinski definition) is 1. The van der Waals surface area contributed by atoms with Crippen molar-refractivity contribution in [2.24, 2.45) is 11.8 Å². The molecule has 0 saturated heterocycles. The van der Waals surface area contributed by atoms with Gasteiger partial charge in [-0.2, -0.15) is 0 Å². The Morgan fingerprint density at radius 1 is 1.25 bits per heavy atom. The quantitative estimate of drug-likeness (QED) is 0.790. The lowest BCUT2D eigenvalue weighted by molar-refractivity contribution is 0.256. The van der Waals surface area contributed by atoms with Crippen LogP contribution in [0.4, 0.5) is 5.69 Å². The molecule has 2 unspecified atom stereocenters. The molecule has 16 heavy (non-hydrogen) atoms. The second-order valence-electron chi connectivity index (χ2n) is 5.62. The smallest absolute Gasteiger partial charge is 0.0375 e. The number of anilines is 1. The lowest BCUT2D eigenvalue weighted by Gasteiger charge is -2.37. The van der Waals surface area contributed by atoms with Crippen molar-refractivity contribution in [3.05, 3.63) is 29.8 Å². The fourth-order valence-corrected chi connectivity index (χ4v) is 3.05. The Morgan fingerprint density at radius 2 is 2.06 bits per heavy atom. The van der Waals surface area contributed by atoms with Gasteiger partial charge in [-0.1, -0.05) is 44.4 Å². The highest BCUT2D eigenvalue weighted by atomic mass is 14.9. The summed E-state index contributed by atoms with van der Waals surface area (Å²) >= 11 is 0. The first kappa shape index (κ1) is 10.2. The van der Waals surface area contributed by atoms with Gasteiger partial charge >= 0.3 is 0 Å². The van der Waals surface area contributed by atoms with Crippen LogP contribution in [-0.4, -0.2) is 6.04 Å². The van der Waals surface area contributed by atoms with Crippen LogP contribution in [-0.2, 0) is 6.42 Å². The third kappa shape index (κ3) is 1.83. The van der Waals surface area contributed by atoms with Crippen LogP contribution in [0.25, 0.3) is 0 Å². The molecule has 1 nitrogen and oxygen atoms in total. The topological polar surface area (TPSA) is 12.0 Å². The van der Waals surface area contributed by atoms with E-state index in [9.17, 15) is 0 Å². The largest absolute Gasteiger partial charge is 0.382 e. The molecule has 0 spiro atoms. The number of fused-ring (bicyclic) bond motifs is 1. The van der Waals surface area contributed by atoms with Crippen LogP contribution in [0.1, 0.15) is 38.2 Å². The Hall–Kier alpha value is -0.980. The molecule has 0 radical (unpaired) electrons. The molecule has 1 fully saturated rings. The first-order valence-electron chi connectivity index (χ1n) is 6.67. The highest BCUT2D eigenvalue weighted by molar-refractivity contribution is 5.54. The monoisotopic (exact) mass is 215 g/mol. The van der Waals surface area contributed by atoms with Crippen molar-refractivity contribution in [3.63, 3.8) is 0 Å². The zero-order valence-electron chi connectivity index (χ0n) is 10.1. The van der Waals surface area contributed by atoms with E-state index in [1.807, 2.05) is 0 Å². The zero-order valence-corrected chi connectivity index (χ0v) is 10.1. The Morgan fingerprint density at radius 3 is 2.81 bits per heavy atom. The summed E-state index contributed by atoms with van der Waals surface area (Å²) in [4.78, 5) is 0. The number of para-hydroxylation sites is 1. The van der Waals surface area contributed by atoms with Crippen molar-refractivity contribution >= 4 is 5.69 Å². The number of hydrogen-bond donors (Lipinski definition) is 1. The first-order chi connectivity index (χ1) is 7.83. The van der Waals surface area contributed by atoms with Crippen LogP contribution in [0.3, 0.4) is 0 Å². The van der Waals surface area contributed by atoms with Crippen LogP contribution in [0.2, 0.25) is 0 Å². The summed E-state index contributed by atoms with van der Waals surface area (Å²) in [7, 11) is 0. The van der Waals surface area contributed by atoms with Crippen LogP contribution < -0.4 is 5.32 Å². The Balaban J connectivity index is 1.72. The minimum Gasteiger partial charge on any atom is -0.382 e. The van der Waals surface area contributed by atoms with E-state index in [2.05, 4.69) is 36.5 Å². The maximum Gasteiger partial charge on any atom is 0.0375 e. The molecule has 3 rings (SSSR count). The molecule has 2 aliphatic rings. The van der Waals surface area contributed by atoms with E-state index in [0.29, 0.717) is 6.04 Å². The van der Waals surface area contributed by atoms with Crippen molar-refractivity contribution in [3.8, 4) is 0 Å². The molecule has 1 aliphatic carbocycles. The lowest BCUT2D eigenvalue weighted by Crippen LogP contribution is -2.36. The molecular weight excluding hydrogens is 194 g/mol. The van der Waals surface area contributed by atoms with Gasteiger partial charge in [0.25, 0.3) is 0 Å². The van der Waals surface area contributed by atoms with E-state index in [0.717, 1.165) is 11.8 Å². The predicted molar refractivity (Wildman–Crippen MR) is 68.7 cm³/mol. The molecule has 1 aromatic carbocycles. The van der Waals surface area contributed by atoms with Crippen LogP contribution >= 0.6 is 0 Å². The van der Waals surface area contributed by atoms with Crippen molar-refractivity contribution < 1.29 is 0 Å². The standard InChI is InChI=1S/C15H21N/c1-11-9-13-7-2-3-8-14(13)16-15(11)10-12-5-4-6-12/h2-3,7-8,11-12,15-16H,4-6,9-10H2,1H3. The lowest BCUT2D eigenvalue weighted by atomic mass is 9.76. The maximum absolute atomic E-state index is 3.75. The van der Waals surface area contributed by atoms with E-state index in [1.165, 1.54) is 43.4 Å². The number of benzene rings is 1. The minimum atomic E-state index is 0.709. The molecule has 1 N–H and O–H groups in total. The second kappa shape index (κ2) is 4.12. The highest BCUT2D eigenvalue weighted by Gasteiger charge is 2.28. The Bertz CT molecular complexity index is 367. The zero-order chi connectivity index (χ0) is 11.0. The van der Waals surface area contributed by atoms with E-state index >= 15 is 0 Å². The summed E-state index contributed by atoms with van der Waals surface area (Å²) in [5, 5.41) is 3.75. The molecule has 0 aromatic heterocycles. The SMILES string of the molecule is CC1Cc2ccccc2NC1CC1CCC1. The third-order valence-corrected chi connectivity index (χ3v) is 4.40. The molecule has 0 amide bonds. The molecular formula is C15H21N. The van der Waals surface area contributed by atoms with Gasteiger partial charge in [-0.25, -0.2) is 0 Å².